The van der Waals surface area contributed by atoms with Crippen LogP contribution in [-0.4, -0.2) is 30.7 Å². The monoisotopic (exact) mass is 278 g/mol. The van der Waals surface area contributed by atoms with Crippen molar-refractivity contribution in [2.24, 2.45) is 0 Å². The van der Waals surface area contributed by atoms with Crippen LogP contribution in [0, 0.1) is 0 Å². The Morgan fingerprint density at radius 2 is 2.16 bits per heavy atom. The predicted octanol–water partition coefficient (Wildman–Crippen LogP) is 2.38. The molecule has 0 spiro atoms. The minimum atomic E-state index is 0.411. The van der Waals surface area contributed by atoms with E-state index in [9.17, 15) is 0 Å². The van der Waals surface area contributed by atoms with Gasteiger partial charge in [-0.2, -0.15) is 11.3 Å². The van der Waals surface area contributed by atoms with Crippen molar-refractivity contribution in [2.75, 3.05) is 31.3 Å². The molecule has 19 heavy (non-hydrogen) atoms. The van der Waals surface area contributed by atoms with Crippen LogP contribution < -0.4 is 10.6 Å². The Balaban J connectivity index is 1.96. The van der Waals surface area contributed by atoms with E-state index in [2.05, 4.69) is 37.4 Å². The van der Waals surface area contributed by atoms with Crippen LogP contribution in [0.5, 0.6) is 0 Å². The van der Waals surface area contributed by atoms with Crippen LogP contribution in [-0.2, 0) is 17.8 Å². The minimum Gasteiger partial charge on any atom is -0.377 e. The molecule has 0 unspecified atom stereocenters. The van der Waals surface area contributed by atoms with Crippen LogP contribution >= 0.6 is 11.3 Å². The number of nitrogens with zero attached hydrogens (tertiary/aromatic N) is 2. The minimum absolute atomic E-state index is 0.411. The molecule has 2 N–H and O–H groups in total. The molecule has 0 amide bonds. The molecule has 0 radical (unpaired) electrons. The standard InChI is InChI=1S/C13H18N4OS/c1-14-11-7-12(17-13(16-11)8-18-2)15-5-3-10-4-6-19-9-10/h4,6-7,9H,3,5,8H2,1-2H3,(H2,14,15,16,17). The molecule has 0 aliphatic rings. The Morgan fingerprint density at radius 3 is 2.84 bits per heavy atom. The Bertz CT molecular complexity index is 501. The van der Waals surface area contributed by atoms with Crippen molar-refractivity contribution in [3.63, 3.8) is 0 Å². The average molecular weight is 278 g/mol. The van der Waals surface area contributed by atoms with Gasteiger partial charge in [-0.05, 0) is 28.8 Å². The molecular weight excluding hydrogens is 260 g/mol. The van der Waals surface area contributed by atoms with E-state index in [1.165, 1.54) is 5.56 Å². The highest BCUT2D eigenvalue weighted by molar-refractivity contribution is 7.07. The first kappa shape index (κ1) is 13.8. The molecule has 102 valence electrons. The molecule has 0 bridgehead atoms. The van der Waals surface area contributed by atoms with E-state index in [1.807, 2.05) is 13.1 Å². The van der Waals surface area contributed by atoms with Gasteiger partial charge in [0.05, 0.1) is 0 Å². The van der Waals surface area contributed by atoms with E-state index in [0.717, 1.165) is 24.6 Å². The molecule has 2 rings (SSSR count). The van der Waals surface area contributed by atoms with Crippen molar-refractivity contribution in [3.8, 4) is 0 Å². The van der Waals surface area contributed by atoms with Gasteiger partial charge in [0.15, 0.2) is 5.82 Å². The van der Waals surface area contributed by atoms with Gasteiger partial charge in [0.1, 0.15) is 18.2 Å². The number of ether oxygens (including phenoxy) is 1. The summed E-state index contributed by atoms with van der Waals surface area (Å²) in [6.45, 7) is 1.26. The quantitative estimate of drug-likeness (QED) is 0.814. The summed E-state index contributed by atoms with van der Waals surface area (Å²) in [6, 6.07) is 4.04. The van der Waals surface area contributed by atoms with Crippen molar-refractivity contribution < 1.29 is 4.74 Å². The zero-order chi connectivity index (χ0) is 13.5. The van der Waals surface area contributed by atoms with Gasteiger partial charge < -0.3 is 15.4 Å². The van der Waals surface area contributed by atoms with Gasteiger partial charge in [0, 0.05) is 26.8 Å². The third-order valence-corrected chi connectivity index (χ3v) is 3.33. The maximum Gasteiger partial charge on any atom is 0.158 e. The number of rotatable bonds is 7. The zero-order valence-corrected chi connectivity index (χ0v) is 12.0. The first-order chi connectivity index (χ1) is 9.31. The van der Waals surface area contributed by atoms with Crippen LogP contribution in [0.15, 0.2) is 22.9 Å². The van der Waals surface area contributed by atoms with Crippen molar-refractivity contribution >= 4 is 23.0 Å². The van der Waals surface area contributed by atoms with Gasteiger partial charge in [0.2, 0.25) is 0 Å². The largest absolute Gasteiger partial charge is 0.377 e. The number of hydrogen-bond donors (Lipinski definition) is 2. The second-order valence-electron chi connectivity index (χ2n) is 4.05. The Hall–Kier alpha value is -1.66. The molecule has 2 heterocycles. The van der Waals surface area contributed by atoms with Gasteiger partial charge in [-0.15, -0.1) is 0 Å². The van der Waals surface area contributed by atoms with E-state index in [-0.39, 0.29) is 0 Å². The maximum absolute atomic E-state index is 5.07. The molecular formula is C13H18N4OS. The summed E-state index contributed by atoms with van der Waals surface area (Å²) in [6.07, 6.45) is 0.988. The highest BCUT2D eigenvalue weighted by Crippen LogP contribution is 2.12. The van der Waals surface area contributed by atoms with E-state index in [1.54, 1.807) is 18.4 Å². The molecule has 6 heteroatoms. The van der Waals surface area contributed by atoms with Crippen LogP contribution in [0.3, 0.4) is 0 Å². The number of hydrogen-bond acceptors (Lipinski definition) is 6. The highest BCUT2D eigenvalue weighted by Gasteiger charge is 2.03. The first-order valence-electron chi connectivity index (χ1n) is 6.11. The van der Waals surface area contributed by atoms with E-state index in [0.29, 0.717) is 12.4 Å². The number of anilines is 2. The molecule has 0 saturated heterocycles. The van der Waals surface area contributed by atoms with Crippen molar-refractivity contribution in [1.82, 2.24) is 9.97 Å². The van der Waals surface area contributed by atoms with Crippen molar-refractivity contribution in [1.29, 1.82) is 0 Å². The summed E-state index contributed by atoms with van der Waals surface area (Å²) >= 11 is 1.72. The summed E-state index contributed by atoms with van der Waals surface area (Å²) in [7, 11) is 3.48. The maximum atomic E-state index is 5.07. The molecule has 0 aliphatic carbocycles. The predicted molar refractivity (Wildman–Crippen MR) is 78.8 cm³/mol. The number of aromatic nitrogens is 2. The second-order valence-corrected chi connectivity index (χ2v) is 4.83. The second kappa shape index (κ2) is 7.06. The summed E-state index contributed by atoms with van der Waals surface area (Å²) in [5.41, 5.74) is 1.34. The zero-order valence-electron chi connectivity index (χ0n) is 11.1. The topological polar surface area (TPSA) is 59.1 Å². The number of methoxy groups -OCH3 is 1. The van der Waals surface area contributed by atoms with Gasteiger partial charge >= 0.3 is 0 Å². The molecule has 2 aromatic rings. The molecule has 0 saturated carbocycles. The SMILES string of the molecule is CNc1cc(NCCc2ccsc2)nc(COC)n1. The van der Waals surface area contributed by atoms with Crippen LogP contribution in [0.4, 0.5) is 11.6 Å². The van der Waals surface area contributed by atoms with Crippen molar-refractivity contribution in [3.05, 3.63) is 34.3 Å². The van der Waals surface area contributed by atoms with E-state index >= 15 is 0 Å². The number of thiophene rings is 1. The lowest BCUT2D eigenvalue weighted by molar-refractivity contribution is 0.178. The smallest absolute Gasteiger partial charge is 0.158 e. The fourth-order valence-electron chi connectivity index (χ4n) is 1.68. The van der Waals surface area contributed by atoms with Gasteiger partial charge in [-0.1, -0.05) is 0 Å². The normalized spacial score (nSPS) is 10.4. The molecule has 0 atom stereocenters. The van der Waals surface area contributed by atoms with Crippen LogP contribution in [0.25, 0.3) is 0 Å². The molecule has 5 nitrogen and oxygen atoms in total. The van der Waals surface area contributed by atoms with Gasteiger partial charge in [-0.3, -0.25) is 0 Å². The van der Waals surface area contributed by atoms with Gasteiger partial charge in [-0.25, -0.2) is 9.97 Å². The molecule has 0 aliphatic heterocycles. The Labute approximate surface area is 117 Å². The molecule has 0 fully saturated rings. The van der Waals surface area contributed by atoms with E-state index in [4.69, 9.17) is 4.74 Å². The summed E-state index contributed by atoms with van der Waals surface area (Å²) in [4.78, 5) is 8.72. The Morgan fingerprint density at radius 1 is 1.32 bits per heavy atom. The lowest BCUT2D eigenvalue weighted by Gasteiger charge is -2.09. The summed E-state index contributed by atoms with van der Waals surface area (Å²) in [5.74, 6) is 2.29. The fourth-order valence-corrected chi connectivity index (χ4v) is 2.38. The lowest BCUT2D eigenvalue weighted by atomic mass is 10.2. The van der Waals surface area contributed by atoms with Gasteiger partial charge in [0.25, 0.3) is 0 Å². The highest BCUT2D eigenvalue weighted by atomic mass is 32.1. The Kier molecular flexibility index (Phi) is 5.11. The first-order valence-corrected chi connectivity index (χ1v) is 7.05. The summed E-state index contributed by atoms with van der Waals surface area (Å²) in [5, 5.41) is 10.6. The molecule has 2 aromatic heterocycles. The molecule has 0 aromatic carbocycles. The van der Waals surface area contributed by atoms with Crippen LogP contribution in [0.1, 0.15) is 11.4 Å². The fraction of sp³-hybridized carbons (Fsp3) is 0.385. The van der Waals surface area contributed by atoms with Crippen LogP contribution in [0.2, 0.25) is 0 Å². The third-order valence-electron chi connectivity index (χ3n) is 2.60. The average Bonchev–Trinajstić information content (AvgIpc) is 2.92. The summed E-state index contributed by atoms with van der Waals surface area (Å²) < 4.78 is 5.07. The lowest BCUT2D eigenvalue weighted by Crippen LogP contribution is -2.09. The third kappa shape index (κ3) is 4.18. The number of nitrogens with one attached hydrogen (secondary N) is 2. The van der Waals surface area contributed by atoms with E-state index < -0.39 is 0 Å². The van der Waals surface area contributed by atoms with Crippen molar-refractivity contribution in [2.45, 2.75) is 13.0 Å².